The van der Waals surface area contributed by atoms with E-state index in [1.165, 1.54) is 12.8 Å². The number of rotatable bonds is 0. The third-order valence-corrected chi connectivity index (χ3v) is 1.94. The van der Waals surface area contributed by atoms with Crippen LogP contribution < -0.4 is 0 Å². The predicted octanol–water partition coefficient (Wildman–Crippen LogP) is 4.54. The molecule has 1 saturated heterocycles. The first kappa shape index (κ1) is 24.7. The minimum Gasteiger partial charge on any atom is -0.381 e. The molecule has 127 valence electrons. The van der Waals surface area contributed by atoms with Crippen LogP contribution in [0, 0.1) is 108 Å². The average molecular weight is 464 g/mol. The second-order valence-electron chi connectivity index (χ2n) is 5.80. The summed E-state index contributed by atoms with van der Waals surface area (Å²) in [6.07, 6.45) is 22.6. The Bertz CT molecular complexity index is 128. The molecule has 0 spiro atoms. The van der Waals surface area contributed by atoms with E-state index in [1.807, 2.05) is 64.2 Å². The summed E-state index contributed by atoms with van der Waals surface area (Å²) >= 11 is 0. The van der Waals surface area contributed by atoms with Gasteiger partial charge in [0, 0.05) is 50.1 Å². The van der Waals surface area contributed by atoms with Crippen LogP contribution in [0.15, 0.2) is 0 Å². The summed E-state index contributed by atoms with van der Waals surface area (Å²) in [6.45, 7) is 12.6. The van der Waals surface area contributed by atoms with Crippen molar-refractivity contribution < 1.29 is 41.6 Å². The first-order chi connectivity index (χ1) is 9.50. The first-order valence-electron chi connectivity index (χ1n) is 7.26. The third kappa shape index (κ3) is 30.0. The Kier molecular flexibility index (Phi) is 20.9. The van der Waals surface area contributed by atoms with Gasteiger partial charge in [-0.2, -0.15) is 0 Å². The van der Waals surface area contributed by atoms with Gasteiger partial charge in [-0.3, -0.25) is 0 Å². The van der Waals surface area contributed by atoms with Crippen molar-refractivity contribution in [2.45, 2.75) is 32.5 Å². The van der Waals surface area contributed by atoms with Crippen LogP contribution in [0.2, 0.25) is 19.6 Å². The fraction of sp³-hybridized carbons (Fsp3) is 0.389. The Labute approximate surface area is 165 Å². The van der Waals surface area contributed by atoms with Crippen molar-refractivity contribution in [3.05, 3.63) is 70.8 Å². The maximum absolute atomic E-state index is 4.94. The van der Waals surface area contributed by atoms with E-state index in [0.717, 1.165) is 13.2 Å². The second kappa shape index (κ2) is 17.8. The Hall–Kier alpha value is 1.41. The van der Waals surface area contributed by atoms with E-state index in [9.17, 15) is 0 Å². The van der Waals surface area contributed by atoms with Crippen molar-refractivity contribution in [2.24, 2.45) is 0 Å². The summed E-state index contributed by atoms with van der Waals surface area (Å²) in [5.41, 5.74) is 0. The van der Waals surface area contributed by atoms with Gasteiger partial charge in [-0.05, 0) is 77.0 Å². The van der Waals surface area contributed by atoms with Gasteiger partial charge in [0.15, 0.2) is 0 Å². The second-order valence-corrected chi connectivity index (χ2v) is 10.9. The fourth-order valence-corrected chi connectivity index (χ4v) is 1.15. The average Bonchev–Trinajstić information content (AvgIpc) is 3.17. The van der Waals surface area contributed by atoms with E-state index in [2.05, 4.69) is 26.2 Å². The minimum absolute atomic E-state index is 0. The minimum atomic E-state index is -0.861. The van der Waals surface area contributed by atoms with Crippen LogP contribution in [0.3, 0.4) is 0 Å². The molecule has 0 bridgehead atoms. The molecular weight excluding hydrogens is 435 g/mol. The van der Waals surface area contributed by atoms with Crippen LogP contribution in [0.1, 0.15) is 12.8 Å². The molecule has 1 nitrogen and oxygen atoms in total. The van der Waals surface area contributed by atoms with Gasteiger partial charge in [-0.1, -0.05) is 19.6 Å². The standard InChI is InChI=1S/2C5H5.C4H8O.C4H11Si.Lu/c3*1-2-4-5-3-1;1-5(2,3)4;/h2*1-5H;1-4H2;1H2,2-4H3;/q;;;-1;. The van der Waals surface area contributed by atoms with Crippen LogP contribution in [0.25, 0.3) is 0 Å². The summed E-state index contributed by atoms with van der Waals surface area (Å²) in [6, 6.07) is 0. The van der Waals surface area contributed by atoms with Gasteiger partial charge in [-0.15, -0.1) is 8.07 Å². The van der Waals surface area contributed by atoms with Crippen molar-refractivity contribution in [3.8, 4) is 0 Å². The van der Waals surface area contributed by atoms with E-state index in [4.69, 9.17) is 4.74 Å². The largest absolute Gasteiger partial charge is 0.381 e. The zero-order valence-corrected chi connectivity index (χ0v) is 16.1. The van der Waals surface area contributed by atoms with Crippen molar-refractivity contribution in [2.75, 3.05) is 13.2 Å². The molecule has 0 amide bonds. The van der Waals surface area contributed by atoms with Crippen molar-refractivity contribution >= 4 is 8.07 Å². The number of hydrogen-bond donors (Lipinski definition) is 0. The maximum Gasteiger partial charge on any atom is 0.0466 e. The van der Waals surface area contributed by atoms with Gasteiger partial charge in [0.05, 0.1) is 0 Å². The predicted molar refractivity (Wildman–Crippen MR) is 91.8 cm³/mol. The number of hydrogen-bond acceptors (Lipinski definition) is 1. The molecule has 11 radical (unpaired) electrons. The first-order valence-corrected chi connectivity index (χ1v) is 11.0. The van der Waals surface area contributed by atoms with Gasteiger partial charge in [-0.25, -0.2) is 0 Å². The van der Waals surface area contributed by atoms with Crippen LogP contribution in [-0.4, -0.2) is 21.3 Å². The summed E-state index contributed by atoms with van der Waals surface area (Å²) in [5.74, 6) is 0. The van der Waals surface area contributed by atoms with Crippen LogP contribution in [0.5, 0.6) is 0 Å². The molecule has 0 aromatic heterocycles. The number of ether oxygens (including phenoxy) is 1. The Morgan fingerprint density at radius 1 is 0.667 bits per heavy atom. The van der Waals surface area contributed by atoms with Gasteiger partial charge in [0.1, 0.15) is 0 Å². The molecule has 0 aromatic rings. The fourth-order valence-electron chi connectivity index (χ4n) is 1.15. The molecule has 0 unspecified atom stereocenters. The molecule has 3 fully saturated rings. The molecule has 3 rings (SSSR count). The smallest absolute Gasteiger partial charge is 0.0466 e. The van der Waals surface area contributed by atoms with E-state index in [0.29, 0.717) is 0 Å². The van der Waals surface area contributed by atoms with E-state index < -0.39 is 8.07 Å². The van der Waals surface area contributed by atoms with E-state index in [1.54, 1.807) is 0 Å². The van der Waals surface area contributed by atoms with Crippen molar-refractivity contribution in [3.63, 3.8) is 0 Å². The zero-order chi connectivity index (χ0) is 15.1. The van der Waals surface area contributed by atoms with Gasteiger partial charge in [0.2, 0.25) is 0 Å². The molecule has 0 N–H and O–H groups in total. The van der Waals surface area contributed by atoms with Crippen LogP contribution in [0.4, 0.5) is 0 Å². The molecule has 3 heteroatoms. The van der Waals surface area contributed by atoms with Crippen molar-refractivity contribution in [1.29, 1.82) is 0 Å². The van der Waals surface area contributed by atoms with E-state index >= 15 is 0 Å². The van der Waals surface area contributed by atoms with Crippen LogP contribution >= 0.6 is 0 Å². The molecule has 0 atom stereocenters. The molecule has 1 aliphatic heterocycles. The monoisotopic (exact) mass is 464 g/mol. The SMILES string of the molecule is C1CCOC1.[CH2-][Si](C)(C)C.[CH]1[CH][CH][CH][CH]1.[CH]1[CH][CH][CH][CH]1.[Lu]. The summed E-state index contributed by atoms with van der Waals surface area (Å²) in [5, 5.41) is 0. The summed E-state index contributed by atoms with van der Waals surface area (Å²) in [4.78, 5) is 0. The van der Waals surface area contributed by atoms with Gasteiger partial charge >= 0.3 is 0 Å². The molecular formula is C18H29LuOSi-. The molecule has 3 aliphatic rings. The molecule has 1 heterocycles. The van der Waals surface area contributed by atoms with Gasteiger partial charge < -0.3 is 11.3 Å². The van der Waals surface area contributed by atoms with Crippen molar-refractivity contribution in [1.82, 2.24) is 0 Å². The topological polar surface area (TPSA) is 9.23 Å². The van der Waals surface area contributed by atoms with Crippen LogP contribution in [-0.2, 0) is 4.74 Å². The quantitative estimate of drug-likeness (QED) is 0.378. The molecule has 21 heavy (non-hydrogen) atoms. The summed E-state index contributed by atoms with van der Waals surface area (Å²) in [7, 11) is -0.861. The Balaban J connectivity index is 0. The Morgan fingerprint density at radius 3 is 0.952 bits per heavy atom. The normalized spacial score (nSPS) is 20.0. The third-order valence-electron chi connectivity index (χ3n) is 1.94. The zero-order valence-electron chi connectivity index (χ0n) is 13.5. The molecule has 2 aliphatic carbocycles. The van der Waals surface area contributed by atoms with E-state index in [-0.39, 0.29) is 36.9 Å². The summed E-state index contributed by atoms with van der Waals surface area (Å²) < 4.78 is 4.94. The molecule has 2 saturated carbocycles. The van der Waals surface area contributed by atoms with Gasteiger partial charge in [0.25, 0.3) is 0 Å². The Morgan fingerprint density at radius 2 is 0.857 bits per heavy atom. The maximum atomic E-state index is 4.94. The molecule has 0 aromatic carbocycles.